The average Bonchev–Trinajstić information content (AvgIpc) is 2.75. The van der Waals surface area contributed by atoms with Crippen LogP contribution in [0.2, 0.25) is 0 Å². The van der Waals surface area contributed by atoms with Crippen LogP contribution in [0.15, 0.2) is 24.3 Å². The van der Waals surface area contributed by atoms with Gasteiger partial charge in [-0.2, -0.15) is 0 Å². The largest absolute Gasteiger partial charge is 0.342 e. The van der Waals surface area contributed by atoms with Crippen molar-refractivity contribution in [3.05, 3.63) is 35.4 Å². The fourth-order valence-electron chi connectivity index (χ4n) is 3.84. The van der Waals surface area contributed by atoms with E-state index in [9.17, 15) is 9.59 Å². The number of aryl methyl sites for hydroxylation is 1. The molecule has 124 valence electrons. The summed E-state index contributed by atoms with van der Waals surface area (Å²) in [6.07, 6.45) is 4.91. The summed E-state index contributed by atoms with van der Waals surface area (Å²) in [5, 5.41) is 0. The molecule has 0 unspecified atom stereocenters. The van der Waals surface area contributed by atoms with Crippen molar-refractivity contribution in [2.45, 2.75) is 45.1 Å². The van der Waals surface area contributed by atoms with E-state index >= 15 is 0 Å². The van der Waals surface area contributed by atoms with E-state index in [0.29, 0.717) is 6.42 Å². The molecular formula is C19H26N2O2. The van der Waals surface area contributed by atoms with Crippen LogP contribution < -0.4 is 0 Å². The predicted molar refractivity (Wildman–Crippen MR) is 89.8 cm³/mol. The summed E-state index contributed by atoms with van der Waals surface area (Å²) in [6.45, 7) is 3.73. The summed E-state index contributed by atoms with van der Waals surface area (Å²) in [5.41, 5.74) is 2.26. The molecule has 0 N–H and O–H groups in total. The van der Waals surface area contributed by atoms with Gasteiger partial charge in [-0.15, -0.1) is 0 Å². The fourth-order valence-corrected chi connectivity index (χ4v) is 3.84. The van der Waals surface area contributed by atoms with Crippen molar-refractivity contribution in [2.24, 2.45) is 5.92 Å². The average molecular weight is 314 g/mol. The molecule has 2 aliphatic heterocycles. The summed E-state index contributed by atoms with van der Waals surface area (Å²) in [7, 11) is 1.82. The molecule has 2 fully saturated rings. The Kier molecular flexibility index (Phi) is 4.69. The zero-order chi connectivity index (χ0) is 16.4. The Hall–Kier alpha value is -1.84. The normalized spacial score (nSPS) is 25.6. The second-order valence-electron chi connectivity index (χ2n) is 6.91. The molecule has 4 nitrogen and oxygen atoms in total. The molecule has 2 aliphatic rings. The molecule has 2 amide bonds. The van der Waals surface area contributed by atoms with Gasteiger partial charge in [-0.25, -0.2) is 0 Å². The number of amides is 2. The molecule has 0 saturated carbocycles. The molecule has 23 heavy (non-hydrogen) atoms. The first kappa shape index (κ1) is 16.0. The molecule has 4 heteroatoms. The topological polar surface area (TPSA) is 40.6 Å². The highest BCUT2D eigenvalue weighted by Crippen LogP contribution is 2.38. The first-order chi connectivity index (χ1) is 11.1. The SMILES string of the molecule is Cc1ccc([C@H]2[C@@H](C(=O)N3CCCCCC3)CC(=O)N2C)cc1. The van der Waals surface area contributed by atoms with Gasteiger partial charge in [0.1, 0.15) is 0 Å². The number of likely N-dealkylation sites (tertiary alicyclic amines) is 2. The lowest BCUT2D eigenvalue weighted by Gasteiger charge is -2.29. The van der Waals surface area contributed by atoms with Crippen LogP contribution in [0.4, 0.5) is 0 Å². The Morgan fingerprint density at radius 1 is 1.04 bits per heavy atom. The minimum Gasteiger partial charge on any atom is -0.342 e. The number of carbonyl (C=O) groups is 2. The third kappa shape index (κ3) is 3.26. The van der Waals surface area contributed by atoms with Crippen molar-refractivity contribution in [3.63, 3.8) is 0 Å². The second kappa shape index (κ2) is 6.73. The number of nitrogens with zero attached hydrogens (tertiary/aromatic N) is 2. The van der Waals surface area contributed by atoms with Gasteiger partial charge in [-0.05, 0) is 25.3 Å². The molecule has 1 aromatic carbocycles. The Balaban J connectivity index is 1.84. The summed E-state index contributed by atoms with van der Waals surface area (Å²) in [6, 6.07) is 8.09. The van der Waals surface area contributed by atoms with Gasteiger partial charge in [0.25, 0.3) is 0 Å². The van der Waals surface area contributed by atoms with Crippen LogP contribution in [0, 0.1) is 12.8 Å². The molecule has 0 aromatic heterocycles. The van der Waals surface area contributed by atoms with E-state index in [1.165, 1.54) is 18.4 Å². The molecule has 2 heterocycles. The van der Waals surface area contributed by atoms with E-state index in [4.69, 9.17) is 0 Å². The minimum atomic E-state index is -0.242. The van der Waals surface area contributed by atoms with Crippen molar-refractivity contribution in [1.29, 1.82) is 0 Å². The molecule has 3 rings (SSSR count). The molecule has 0 aliphatic carbocycles. The maximum absolute atomic E-state index is 13.0. The van der Waals surface area contributed by atoms with Crippen LogP contribution in [-0.4, -0.2) is 41.8 Å². The predicted octanol–water partition coefficient (Wildman–Crippen LogP) is 2.92. The van der Waals surface area contributed by atoms with Crippen molar-refractivity contribution in [2.75, 3.05) is 20.1 Å². The van der Waals surface area contributed by atoms with E-state index in [1.807, 2.05) is 18.9 Å². The van der Waals surface area contributed by atoms with Gasteiger partial charge < -0.3 is 9.80 Å². The highest BCUT2D eigenvalue weighted by Gasteiger charge is 2.44. The Bertz CT molecular complexity index is 574. The number of rotatable bonds is 2. The van der Waals surface area contributed by atoms with Crippen LogP contribution in [0.5, 0.6) is 0 Å². The van der Waals surface area contributed by atoms with Crippen molar-refractivity contribution in [3.8, 4) is 0 Å². The molecule has 2 atom stereocenters. The van der Waals surface area contributed by atoms with Gasteiger partial charge in [-0.1, -0.05) is 42.7 Å². The zero-order valence-electron chi connectivity index (χ0n) is 14.1. The van der Waals surface area contributed by atoms with Gasteiger partial charge >= 0.3 is 0 Å². The van der Waals surface area contributed by atoms with Gasteiger partial charge in [0.05, 0.1) is 12.0 Å². The molecular weight excluding hydrogens is 288 g/mol. The molecule has 0 spiro atoms. The third-order valence-electron chi connectivity index (χ3n) is 5.24. The number of carbonyl (C=O) groups excluding carboxylic acids is 2. The highest BCUT2D eigenvalue weighted by molar-refractivity contribution is 5.90. The maximum atomic E-state index is 13.0. The summed E-state index contributed by atoms with van der Waals surface area (Å²) >= 11 is 0. The second-order valence-corrected chi connectivity index (χ2v) is 6.91. The lowest BCUT2D eigenvalue weighted by atomic mass is 9.92. The lowest BCUT2D eigenvalue weighted by molar-refractivity contribution is -0.136. The molecule has 1 aromatic rings. The van der Waals surface area contributed by atoms with Gasteiger partial charge in [0, 0.05) is 26.6 Å². The fraction of sp³-hybridized carbons (Fsp3) is 0.579. The van der Waals surface area contributed by atoms with Crippen LogP contribution in [-0.2, 0) is 9.59 Å². The van der Waals surface area contributed by atoms with Crippen molar-refractivity contribution >= 4 is 11.8 Å². The lowest BCUT2D eigenvalue weighted by Crippen LogP contribution is -2.39. The summed E-state index contributed by atoms with van der Waals surface area (Å²) in [4.78, 5) is 29.0. The quantitative estimate of drug-likeness (QED) is 0.842. The Morgan fingerprint density at radius 2 is 1.65 bits per heavy atom. The van der Waals surface area contributed by atoms with E-state index in [0.717, 1.165) is 31.5 Å². The maximum Gasteiger partial charge on any atom is 0.228 e. The summed E-state index contributed by atoms with van der Waals surface area (Å²) in [5.74, 6) is -0.00720. The van der Waals surface area contributed by atoms with Crippen LogP contribution in [0.1, 0.15) is 49.3 Å². The number of hydrogen-bond donors (Lipinski definition) is 0. The third-order valence-corrected chi connectivity index (χ3v) is 5.24. The smallest absolute Gasteiger partial charge is 0.228 e. The van der Waals surface area contributed by atoms with E-state index < -0.39 is 0 Å². The number of benzene rings is 1. The van der Waals surface area contributed by atoms with Crippen LogP contribution >= 0.6 is 0 Å². The highest BCUT2D eigenvalue weighted by atomic mass is 16.2. The van der Waals surface area contributed by atoms with Crippen molar-refractivity contribution in [1.82, 2.24) is 9.80 Å². The van der Waals surface area contributed by atoms with Gasteiger partial charge in [0.15, 0.2) is 0 Å². The number of hydrogen-bond acceptors (Lipinski definition) is 2. The Morgan fingerprint density at radius 3 is 2.26 bits per heavy atom. The van der Waals surface area contributed by atoms with Gasteiger partial charge in [0.2, 0.25) is 11.8 Å². The van der Waals surface area contributed by atoms with Gasteiger partial charge in [-0.3, -0.25) is 9.59 Å². The molecule has 2 saturated heterocycles. The summed E-state index contributed by atoms with van der Waals surface area (Å²) < 4.78 is 0. The van der Waals surface area contributed by atoms with E-state index in [-0.39, 0.29) is 23.8 Å². The molecule has 0 bridgehead atoms. The standard InChI is InChI=1S/C19H26N2O2/c1-14-7-9-15(10-8-14)18-16(13-17(22)20(18)2)19(23)21-11-5-3-4-6-12-21/h7-10,16,18H,3-6,11-13H2,1-2H3/t16-,18-/m0/s1. The Labute approximate surface area is 138 Å². The zero-order valence-corrected chi connectivity index (χ0v) is 14.1. The van der Waals surface area contributed by atoms with Crippen LogP contribution in [0.3, 0.4) is 0 Å². The van der Waals surface area contributed by atoms with Crippen molar-refractivity contribution < 1.29 is 9.59 Å². The minimum absolute atomic E-state index is 0.0729. The van der Waals surface area contributed by atoms with Crippen LogP contribution in [0.25, 0.3) is 0 Å². The van der Waals surface area contributed by atoms with E-state index in [1.54, 1.807) is 4.90 Å². The monoisotopic (exact) mass is 314 g/mol. The molecule has 0 radical (unpaired) electrons. The first-order valence-electron chi connectivity index (χ1n) is 8.69. The van der Waals surface area contributed by atoms with E-state index in [2.05, 4.69) is 24.3 Å². The first-order valence-corrected chi connectivity index (χ1v) is 8.69.